The molecule has 0 bridgehead atoms. The molecule has 212 valence electrons. The molecule has 0 saturated carbocycles. The standard InChI is InChI=1S/C28H32F2N6O4/c1-4-17-6-5-7-18(8-17)13-31-14-23(37)22(11-19-9-20(29)12-21(30)10-19)33-24(38)15-36-16-32-26-25(36)27(39)35(3)28(40)34(26)2/h5-10,12,16,22-23,31,37H,4,11,13-15H2,1-3H3,(H,33,38)/t22-,23+/m1/s1. The molecule has 2 aromatic heterocycles. The molecule has 3 N–H and O–H groups in total. The van der Waals surface area contributed by atoms with E-state index >= 15 is 0 Å². The highest BCUT2D eigenvalue weighted by Crippen LogP contribution is 2.13. The number of rotatable bonds is 11. The van der Waals surface area contributed by atoms with Crippen molar-refractivity contribution in [3.8, 4) is 0 Å². The van der Waals surface area contributed by atoms with Gasteiger partial charge in [-0.3, -0.25) is 18.7 Å². The zero-order chi connectivity index (χ0) is 29.0. The maximum atomic E-state index is 13.9. The fourth-order valence-corrected chi connectivity index (χ4v) is 4.66. The minimum Gasteiger partial charge on any atom is -0.390 e. The molecular formula is C28H32F2N6O4. The van der Waals surface area contributed by atoms with E-state index in [1.165, 1.54) is 35.1 Å². The fraction of sp³-hybridized carbons (Fsp3) is 0.357. The third-order valence-electron chi connectivity index (χ3n) is 6.80. The predicted octanol–water partition coefficient (Wildman–Crippen LogP) is 1.15. The number of aliphatic hydroxyl groups is 1. The van der Waals surface area contributed by atoms with Gasteiger partial charge in [-0.05, 0) is 41.7 Å². The number of nitrogens with one attached hydrogen (secondary N) is 2. The Morgan fingerprint density at radius 1 is 1.02 bits per heavy atom. The van der Waals surface area contributed by atoms with E-state index in [9.17, 15) is 28.3 Å². The molecular weight excluding hydrogens is 522 g/mol. The maximum Gasteiger partial charge on any atom is 0.332 e. The average Bonchev–Trinajstić information content (AvgIpc) is 3.33. The molecule has 4 aromatic rings. The van der Waals surface area contributed by atoms with Crippen LogP contribution in [-0.2, 0) is 44.8 Å². The lowest BCUT2D eigenvalue weighted by Gasteiger charge is -2.25. The number of carbonyl (C=O) groups excluding carboxylic acids is 1. The SMILES string of the molecule is CCc1cccc(CNC[C@H](O)[C@@H](Cc2cc(F)cc(F)c2)NC(=O)Cn2cnc3c2c(=O)n(C)c(=O)n3C)c1. The molecule has 4 rings (SSSR count). The van der Waals surface area contributed by atoms with Gasteiger partial charge < -0.3 is 20.3 Å². The van der Waals surface area contributed by atoms with Crippen LogP contribution < -0.4 is 21.9 Å². The molecule has 0 fully saturated rings. The van der Waals surface area contributed by atoms with E-state index in [1.54, 1.807) is 0 Å². The second-order valence-corrected chi connectivity index (χ2v) is 9.78. The second kappa shape index (κ2) is 12.3. The van der Waals surface area contributed by atoms with Gasteiger partial charge in [0, 0.05) is 33.3 Å². The van der Waals surface area contributed by atoms with Crippen LogP contribution in [-0.4, -0.2) is 48.4 Å². The van der Waals surface area contributed by atoms with E-state index in [0.717, 1.165) is 34.8 Å². The van der Waals surface area contributed by atoms with Crippen molar-refractivity contribution in [1.29, 1.82) is 0 Å². The number of hydrogen-bond acceptors (Lipinski definition) is 6. The summed E-state index contributed by atoms with van der Waals surface area (Å²) >= 11 is 0. The first-order valence-corrected chi connectivity index (χ1v) is 12.9. The first kappa shape index (κ1) is 28.8. The van der Waals surface area contributed by atoms with Crippen LogP contribution in [0.25, 0.3) is 11.2 Å². The summed E-state index contributed by atoms with van der Waals surface area (Å²) in [5.74, 6) is -2.10. The molecule has 0 aliphatic heterocycles. The second-order valence-electron chi connectivity index (χ2n) is 9.78. The molecule has 0 aliphatic carbocycles. The summed E-state index contributed by atoms with van der Waals surface area (Å²) < 4.78 is 31.2. The molecule has 0 saturated heterocycles. The number of aryl methyl sites for hydroxylation is 2. The Bertz CT molecular complexity index is 1620. The van der Waals surface area contributed by atoms with Crippen LogP contribution in [0, 0.1) is 11.6 Å². The average molecular weight is 555 g/mol. The third kappa shape index (κ3) is 6.52. The van der Waals surface area contributed by atoms with Crippen molar-refractivity contribution < 1.29 is 18.7 Å². The van der Waals surface area contributed by atoms with Gasteiger partial charge in [0.2, 0.25) is 5.91 Å². The minimum atomic E-state index is -1.11. The maximum absolute atomic E-state index is 13.9. The zero-order valence-corrected chi connectivity index (χ0v) is 22.5. The highest BCUT2D eigenvalue weighted by atomic mass is 19.1. The lowest BCUT2D eigenvalue weighted by Crippen LogP contribution is -2.49. The molecule has 2 heterocycles. The Kier molecular flexibility index (Phi) is 8.90. The number of halogens is 2. The highest BCUT2D eigenvalue weighted by Gasteiger charge is 2.24. The molecule has 0 aliphatic rings. The van der Waals surface area contributed by atoms with Gasteiger partial charge in [-0.1, -0.05) is 31.2 Å². The summed E-state index contributed by atoms with van der Waals surface area (Å²) in [6.45, 7) is 2.30. The molecule has 2 atom stereocenters. The lowest BCUT2D eigenvalue weighted by atomic mass is 10.0. The van der Waals surface area contributed by atoms with Crippen molar-refractivity contribution in [3.63, 3.8) is 0 Å². The number of benzene rings is 2. The van der Waals surface area contributed by atoms with Gasteiger partial charge in [-0.25, -0.2) is 18.6 Å². The highest BCUT2D eigenvalue weighted by molar-refractivity contribution is 5.79. The van der Waals surface area contributed by atoms with Gasteiger partial charge in [-0.15, -0.1) is 0 Å². The van der Waals surface area contributed by atoms with Crippen molar-refractivity contribution in [1.82, 2.24) is 29.3 Å². The normalized spacial score (nSPS) is 12.9. The van der Waals surface area contributed by atoms with E-state index in [2.05, 4.69) is 28.6 Å². The molecule has 10 nitrogen and oxygen atoms in total. The van der Waals surface area contributed by atoms with Crippen LogP contribution in [0.2, 0.25) is 0 Å². The van der Waals surface area contributed by atoms with Crippen molar-refractivity contribution in [2.75, 3.05) is 6.54 Å². The van der Waals surface area contributed by atoms with E-state index in [-0.39, 0.29) is 36.2 Å². The van der Waals surface area contributed by atoms with E-state index < -0.39 is 40.9 Å². The number of carbonyl (C=O) groups is 1. The third-order valence-corrected chi connectivity index (χ3v) is 6.80. The fourth-order valence-electron chi connectivity index (χ4n) is 4.66. The van der Waals surface area contributed by atoms with Gasteiger partial charge in [0.25, 0.3) is 5.56 Å². The molecule has 2 aromatic carbocycles. The van der Waals surface area contributed by atoms with Crippen LogP contribution in [0.1, 0.15) is 23.6 Å². The monoisotopic (exact) mass is 554 g/mol. The van der Waals surface area contributed by atoms with E-state index in [4.69, 9.17) is 0 Å². The van der Waals surface area contributed by atoms with Crippen LogP contribution in [0.3, 0.4) is 0 Å². The number of nitrogens with zero attached hydrogens (tertiary/aromatic N) is 4. The van der Waals surface area contributed by atoms with E-state index in [0.29, 0.717) is 6.54 Å². The van der Waals surface area contributed by atoms with Gasteiger partial charge >= 0.3 is 5.69 Å². The largest absolute Gasteiger partial charge is 0.390 e. The quantitative estimate of drug-likeness (QED) is 0.256. The molecule has 0 spiro atoms. The number of imidazole rings is 1. The van der Waals surface area contributed by atoms with Crippen molar-refractivity contribution in [2.45, 2.75) is 45.0 Å². The number of hydrogen-bond donors (Lipinski definition) is 3. The Balaban J connectivity index is 1.51. The lowest BCUT2D eigenvalue weighted by molar-refractivity contribution is -0.123. The molecule has 0 radical (unpaired) electrons. The smallest absolute Gasteiger partial charge is 0.332 e. The summed E-state index contributed by atoms with van der Waals surface area (Å²) in [6, 6.07) is 10.1. The number of aromatic nitrogens is 4. The van der Waals surface area contributed by atoms with Crippen LogP contribution in [0.5, 0.6) is 0 Å². The van der Waals surface area contributed by atoms with Crippen LogP contribution >= 0.6 is 0 Å². The number of fused-ring (bicyclic) bond motifs is 1. The summed E-state index contributed by atoms with van der Waals surface area (Å²) in [5.41, 5.74) is 1.51. The predicted molar refractivity (Wildman–Crippen MR) is 146 cm³/mol. The number of amides is 1. The zero-order valence-electron chi connectivity index (χ0n) is 22.5. The van der Waals surface area contributed by atoms with E-state index in [1.807, 2.05) is 18.2 Å². The number of aliphatic hydroxyl groups excluding tert-OH is 1. The Hall–Kier alpha value is -4.16. The van der Waals surface area contributed by atoms with Gasteiger partial charge in [-0.2, -0.15) is 0 Å². The van der Waals surface area contributed by atoms with Crippen molar-refractivity contribution >= 4 is 17.1 Å². The minimum absolute atomic E-state index is 0.0461. The van der Waals surface area contributed by atoms with Gasteiger partial charge in [0.05, 0.1) is 18.5 Å². The molecule has 1 amide bonds. The van der Waals surface area contributed by atoms with Crippen LogP contribution in [0.4, 0.5) is 8.78 Å². The van der Waals surface area contributed by atoms with Crippen molar-refractivity contribution in [2.24, 2.45) is 14.1 Å². The Labute approximate surface area is 228 Å². The first-order chi connectivity index (χ1) is 19.1. The summed E-state index contributed by atoms with van der Waals surface area (Å²) in [4.78, 5) is 42.1. The molecule has 0 unspecified atom stereocenters. The summed E-state index contributed by atoms with van der Waals surface area (Å²) in [7, 11) is 2.80. The van der Waals surface area contributed by atoms with Gasteiger partial charge in [0.1, 0.15) is 18.2 Å². The molecule has 40 heavy (non-hydrogen) atoms. The van der Waals surface area contributed by atoms with Crippen LogP contribution in [0.15, 0.2) is 58.4 Å². The summed E-state index contributed by atoms with van der Waals surface area (Å²) in [6.07, 6.45) is 1.02. The molecule has 12 heteroatoms. The van der Waals surface area contributed by atoms with Gasteiger partial charge in [0.15, 0.2) is 11.2 Å². The van der Waals surface area contributed by atoms with Crippen molar-refractivity contribution in [3.05, 3.63) is 98.0 Å². The summed E-state index contributed by atoms with van der Waals surface area (Å²) in [5, 5.41) is 16.9. The Morgan fingerprint density at radius 3 is 2.42 bits per heavy atom. The Morgan fingerprint density at radius 2 is 1.73 bits per heavy atom. The topological polar surface area (TPSA) is 123 Å². The first-order valence-electron chi connectivity index (χ1n) is 12.9.